The molecule has 1 atom stereocenters. The van der Waals surface area contributed by atoms with Crippen molar-refractivity contribution >= 4 is 11.3 Å². The molecular formula is C10H17NOS. The van der Waals surface area contributed by atoms with Gasteiger partial charge in [-0.1, -0.05) is 6.07 Å². The normalized spacial score (nSPS) is 14.5. The summed E-state index contributed by atoms with van der Waals surface area (Å²) in [6.07, 6.45) is 0. The largest absolute Gasteiger partial charge is 0.389 e. The maximum atomic E-state index is 9.50. The topological polar surface area (TPSA) is 32.3 Å². The van der Waals surface area contributed by atoms with Gasteiger partial charge in [-0.15, -0.1) is 11.3 Å². The quantitative estimate of drug-likeness (QED) is 0.779. The Morgan fingerprint density at radius 2 is 2.31 bits per heavy atom. The molecule has 0 saturated heterocycles. The second-order valence-electron chi connectivity index (χ2n) is 3.93. The van der Waals surface area contributed by atoms with E-state index >= 15 is 0 Å². The number of aliphatic hydroxyl groups is 1. The van der Waals surface area contributed by atoms with Gasteiger partial charge in [0.25, 0.3) is 0 Å². The van der Waals surface area contributed by atoms with E-state index in [1.807, 2.05) is 6.07 Å². The summed E-state index contributed by atoms with van der Waals surface area (Å²) < 4.78 is 0. The number of nitrogens with one attached hydrogen (secondary N) is 1. The molecule has 0 aliphatic rings. The SMILES string of the molecule is CC(NCC(C)(C)O)c1cccs1. The van der Waals surface area contributed by atoms with E-state index in [1.54, 1.807) is 25.2 Å². The van der Waals surface area contributed by atoms with Crippen molar-refractivity contribution in [1.29, 1.82) is 0 Å². The molecule has 0 amide bonds. The second-order valence-corrected chi connectivity index (χ2v) is 4.91. The van der Waals surface area contributed by atoms with Crippen LogP contribution in [0.2, 0.25) is 0 Å². The lowest BCUT2D eigenvalue weighted by Crippen LogP contribution is -2.35. The summed E-state index contributed by atoms with van der Waals surface area (Å²) in [6, 6.07) is 4.47. The van der Waals surface area contributed by atoms with Crippen LogP contribution in [0.25, 0.3) is 0 Å². The minimum absolute atomic E-state index is 0.325. The summed E-state index contributed by atoms with van der Waals surface area (Å²) in [4.78, 5) is 1.31. The Morgan fingerprint density at radius 3 is 2.77 bits per heavy atom. The molecular weight excluding hydrogens is 182 g/mol. The third-order valence-corrected chi connectivity index (χ3v) is 2.87. The fourth-order valence-electron chi connectivity index (χ4n) is 1.04. The van der Waals surface area contributed by atoms with Crippen molar-refractivity contribution in [2.75, 3.05) is 6.54 Å². The third kappa shape index (κ3) is 3.89. The number of thiophene rings is 1. The van der Waals surface area contributed by atoms with Crippen molar-refractivity contribution in [3.63, 3.8) is 0 Å². The Bertz CT molecular complexity index is 238. The Kier molecular flexibility index (Phi) is 3.47. The molecule has 1 heterocycles. The van der Waals surface area contributed by atoms with Crippen LogP contribution in [0.15, 0.2) is 17.5 Å². The molecule has 2 N–H and O–H groups in total. The lowest BCUT2D eigenvalue weighted by molar-refractivity contribution is 0.0771. The van der Waals surface area contributed by atoms with Crippen LogP contribution in [0.4, 0.5) is 0 Å². The molecule has 0 aliphatic carbocycles. The fourth-order valence-corrected chi connectivity index (χ4v) is 1.80. The van der Waals surface area contributed by atoms with E-state index in [4.69, 9.17) is 0 Å². The van der Waals surface area contributed by atoms with Crippen molar-refractivity contribution in [2.45, 2.75) is 32.4 Å². The third-order valence-electron chi connectivity index (χ3n) is 1.81. The number of hydrogen-bond donors (Lipinski definition) is 2. The summed E-state index contributed by atoms with van der Waals surface area (Å²) in [5.41, 5.74) is -0.633. The van der Waals surface area contributed by atoms with Crippen LogP contribution in [-0.4, -0.2) is 17.3 Å². The highest BCUT2D eigenvalue weighted by molar-refractivity contribution is 7.10. The zero-order valence-corrected chi connectivity index (χ0v) is 9.19. The standard InChI is InChI=1S/C10H17NOS/c1-8(9-5-4-6-13-9)11-7-10(2,3)12/h4-6,8,11-12H,7H2,1-3H3. The van der Waals surface area contributed by atoms with Crippen molar-refractivity contribution in [3.05, 3.63) is 22.4 Å². The lowest BCUT2D eigenvalue weighted by atomic mass is 10.1. The highest BCUT2D eigenvalue weighted by Gasteiger charge is 2.14. The van der Waals surface area contributed by atoms with Crippen LogP contribution >= 0.6 is 11.3 Å². The summed E-state index contributed by atoms with van der Waals surface area (Å²) in [5.74, 6) is 0. The number of hydrogen-bond acceptors (Lipinski definition) is 3. The summed E-state index contributed by atoms with van der Waals surface area (Å²) in [5, 5.41) is 14.9. The van der Waals surface area contributed by atoms with Crippen LogP contribution in [-0.2, 0) is 0 Å². The van der Waals surface area contributed by atoms with Gasteiger partial charge in [-0.25, -0.2) is 0 Å². The molecule has 1 aromatic heterocycles. The van der Waals surface area contributed by atoms with E-state index in [1.165, 1.54) is 4.88 Å². The number of rotatable bonds is 4. The van der Waals surface area contributed by atoms with Crippen LogP contribution < -0.4 is 5.32 Å². The maximum Gasteiger partial charge on any atom is 0.0715 e. The predicted octanol–water partition coefficient (Wildman–Crippen LogP) is 2.17. The van der Waals surface area contributed by atoms with E-state index in [0.717, 1.165) is 0 Å². The zero-order chi connectivity index (χ0) is 9.90. The van der Waals surface area contributed by atoms with E-state index in [2.05, 4.69) is 23.7 Å². The van der Waals surface area contributed by atoms with Crippen LogP contribution in [0.3, 0.4) is 0 Å². The van der Waals surface area contributed by atoms with Gasteiger partial charge in [0.1, 0.15) is 0 Å². The summed E-state index contributed by atoms with van der Waals surface area (Å²) in [7, 11) is 0. The minimum Gasteiger partial charge on any atom is -0.389 e. The van der Waals surface area contributed by atoms with Crippen LogP contribution in [0, 0.1) is 0 Å². The molecule has 1 aromatic rings. The van der Waals surface area contributed by atoms with E-state index in [9.17, 15) is 5.11 Å². The Hall–Kier alpha value is -0.380. The van der Waals surface area contributed by atoms with E-state index < -0.39 is 5.60 Å². The molecule has 74 valence electrons. The smallest absolute Gasteiger partial charge is 0.0715 e. The van der Waals surface area contributed by atoms with Gasteiger partial charge in [-0.05, 0) is 32.2 Å². The van der Waals surface area contributed by atoms with Crippen molar-refractivity contribution in [2.24, 2.45) is 0 Å². The maximum absolute atomic E-state index is 9.50. The van der Waals surface area contributed by atoms with Crippen molar-refractivity contribution in [3.8, 4) is 0 Å². The van der Waals surface area contributed by atoms with Crippen molar-refractivity contribution in [1.82, 2.24) is 5.32 Å². The van der Waals surface area contributed by atoms with Crippen LogP contribution in [0.1, 0.15) is 31.7 Å². The molecule has 0 aliphatic heterocycles. The molecule has 3 heteroatoms. The summed E-state index contributed by atoms with van der Waals surface area (Å²) >= 11 is 1.74. The minimum atomic E-state index is -0.633. The Morgan fingerprint density at radius 1 is 1.62 bits per heavy atom. The first kappa shape index (κ1) is 10.7. The molecule has 13 heavy (non-hydrogen) atoms. The van der Waals surface area contributed by atoms with Crippen molar-refractivity contribution < 1.29 is 5.11 Å². The first-order valence-corrected chi connectivity index (χ1v) is 5.36. The highest BCUT2D eigenvalue weighted by Crippen LogP contribution is 2.18. The first-order valence-electron chi connectivity index (χ1n) is 4.48. The van der Waals surface area contributed by atoms with Gasteiger partial charge in [-0.2, -0.15) is 0 Å². The van der Waals surface area contributed by atoms with Gasteiger partial charge in [0, 0.05) is 17.5 Å². The predicted molar refractivity (Wildman–Crippen MR) is 57.0 cm³/mol. The highest BCUT2D eigenvalue weighted by atomic mass is 32.1. The molecule has 0 fully saturated rings. The molecule has 0 radical (unpaired) electrons. The molecule has 0 aromatic carbocycles. The van der Waals surface area contributed by atoms with Gasteiger partial charge in [-0.3, -0.25) is 0 Å². The lowest BCUT2D eigenvalue weighted by Gasteiger charge is -2.20. The first-order chi connectivity index (χ1) is 5.99. The van der Waals surface area contributed by atoms with Gasteiger partial charge < -0.3 is 10.4 Å². The van der Waals surface area contributed by atoms with Gasteiger partial charge >= 0.3 is 0 Å². The van der Waals surface area contributed by atoms with Gasteiger partial charge in [0.05, 0.1) is 5.60 Å². The van der Waals surface area contributed by atoms with Gasteiger partial charge in [0.2, 0.25) is 0 Å². The molecule has 1 rings (SSSR count). The average molecular weight is 199 g/mol. The average Bonchev–Trinajstić information content (AvgIpc) is 2.50. The molecule has 0 saturated carbocycles. The molecule has 2 nitrogen and oxygen atoms in total. The Labute approximate surface area is 83.6 Å². The zero-order valence-electron chi connectivity index (χ0n) is 8.37. The van der Waals surface area contributed by atoms with E-state index in [-0.39, 0.29) is 0 Å². The molecule has 1 unspecified atom stereocenters. The fraction of sp³-hybridized carbons (Fsp3) is 0.600. The van der Waals surface area contributed by atoms with Gasteiger partial charge in [0.15, 0.2) is 0 Å². The monoisotopic (exact) mass is 199 g/mol. The molecule has 0 bridgehead atoms. The second kappa shape index (κ2) is 4.22. The Balaban J connectivity index is 2.39. The van der Waals surface area contributed by atoms with Crippen LogP contribution in [0.5, 0.6) is 0 Å². The van der Waals surface area contributed by atoms with E-state index in [0.29, 0.717) is 12.6 Å². The molecule has 0 spiro atoms. The summed E-state index contributed by atoms with van der Waals surface area (Å²) in [6.45, 7) is 6.34.